The minimum absolute atomic E-state index is 0.188. The molecule has 196 valence electrons. The van der Waals surface area contributed by atoms with Gasteiger partial charge in [-0.2, -0.15) is 4.98 Å². The molecule has 10 nitrogen and oxygen atoms in total. The van der Waals surface area contributed by atoms with Crippen LogP contribution in [0.15, 0.2) is 65.6 Å². The predicted octanol–water partition coefficient (Wildman–Crippen LogP) is 3.03. The van der Waals surface area contributed by atoms with Crippen molar-refractivity contribution in [3.63, 3.8) is 0 Å². The number of nitrogens with zero attached hydrogens (tertiary/aromatic N) is 7. The Hall–Kier alpha value is -4.02. The second kappa shape index (κ2) is 9.70. The normalized spacial score (nSPS) is 21.1. The van der Waals surface area contributed by atoms with Crippen LogP contribution in [-0.4, -0.2) is 67.5 Å². The number of fused-ring (bicyclic) bond motifs is 6. The average Bonchev–Trinajstić information content (AvgIpc) is 3.19. The molecular weight excluding hydrogens is 480 g/mol. The molecule has 5 heterocycles. The molecule has 0 unspecified atom stereocenters. The van der Waals surface area contributed by atoms with Gasteiger partial charge in [0.25, 0.3) is 5.56 Å². The van der Waals surface area contributed by atoms with Crippen LogP contribution in [-0.2, 0) is 12.1 Å². The summed E-state index contributed by atoms with van der Waals surface area (Å²) in [6.07, 6.45) is 6.71. The van der Waals surface area contributed by atoms with E-state index in [2.05, 4.69) is 39.3 Å². The zero-order valence-corrected chi connectivity index (χ0v) is 21.7. The highest BCUT2D eigenvalue weighted by Gasteiger charge is 2.26. The summed E-state index contributed by atoms with van der Waals surface area (Å²) in [5.41, 5.74) is 1.76. The van der Waals surface area contributed by atoms with Gasteiger partial charge in [-0.25, -0.2) is 19.3 Å². The van der Waals surface area contributed by atoms with E-state index in [1.54, 1.807) is 22.5 Å². The van der Waals surface area contributed by atoms with Gasteiger partial charge in [0.15, 0.2) is 11.5 Å². The Bertz CT molecular complexity index is 1560. The smallest absolute Gasteiger partial charge is 0.278 e. The van der Waals surface area contributed by atoms with E-state index < -0.39 is 5.60 Å². The third kappa shape index (κ3) is 4.57. The van der Waals surface area contributed by atoms with Gasteiger partial charge in [-0.3, -0.25) is 4.79 Å². The van der Waals surface area contributed by atoms with E-state index >= 15 is 0 Å². The monoisotopic (exact) mass is 512 g/mol. The lowest BCUT2D eigenvalue weighted by Crippen LogP contribution is -2.44. The molecule has 0 spiro atoms. The molecule has 1 atom stereocenters. The van der Waals surface area contributed by atoms with Gasteiger partial charge in [-0.15, -0.1) is 0 Å². The van der Waals surface area contributed by atoms with Crippen molar-refractivity contribution in [2.75, 3.05) is 43.4 Å². The van der Waals surface area contributed by atoms with Crippen LogP contribution < -0.4 is 15.8 Å². The first-order chi connectivity index (χ1) is 18.4. The third-order valence-corrected chi connectivity index (χ3v) is 7.39. The summed E-state index contributed by atoms with van der Waals surface area (Å²) in [5.74, 6) is 0.911. The predicted molar refractivity (Wildman–Crippen MR) is 148 cm³/mol. The first kappa shape index (κ1) is 24.3. The highest BCUT2D eigenvalue weighted by molar-refractivity contribution is 5.77. The van der Waals surface area contributed by atoms with Gasteiger partial charge in [0.2, 0.25) is 5.95 Å². The molecule has 1 fully saturated rings. The van der Waals surface area contributed by atoms with Crippen molar-refractivity contribution in [3.05, 3.63) is 76.9 Å². The fourth-order valence-corrected chi connectivity index (χ4v) is 5.09. The summed E-state index contributed by atoms with van der Waals surface area (Å²) in [4.78, 5) is 32.1. The standard InChI is InChI=1S/C28H32N8O2/c1-28(38)12-4-3-5-13-35-26(37)22-19-29-27(32-25(22)36(35)24-11-7-10-23(28)31-24)30-20-8-6-9-21(18-20)34-16-14-33(2)15-17-34/h3,5-11,18-19,38H,4,12-17H2,1-2H3,(H,29,30,32)/b5-3-/t28-/m0/s1. The SMILES string of the molecule is CN1CCN(c2cccc(Nc3ncc4c(=O)n5n(c4n3)-c3cccc(n3)[C@@](C)(O)CC/C=C\C5)c2)CC1. The van der Waals surface area contributed by atoms with Gasteiger partial charge in [-0.05, 0) is 57.1 Å². The van der Waals surface area contributed by atoms with E-state index in [9.17, 15) is 9.90 Å². The summed E-state index contributed by atoms with van der Waals surface area (Å²) in [7, 11) is 2.15. The van der Waals surface area contributed by atoms with Gasteiger partial charge in [0.1, 0.15) is 11.0 Å². The molecule has 38 heavy (non-hydrogen) atoms. The van der Waals surface area contributed by atoms with Gasteiger partial charge < -0.3 is 20.2 Å². The minimum atomic E-state index is -1.09. The number of hydrogen-bond donors (Lipinski definition) is 2. The van der Waals surface area contributed by atoms with Crippen molar-refractivity contribution in [3.8, 4) is 5.82 Å². The molecular formula is C28H32N8O2. The maximum absolute atomic E-state index is 13.4. The highest BCUT2D eigenvalue weighted by Crippen LogP contribution is 2.27. The molecule has 2 aliphatic heterocycles. The fourth-order valence-electron chi connectivity index (χ4n) is 5.09. The molecule has 0 saturated carbocycles. The Morgan fingerprint density at radius 3 is 2.68 bits per heavy atom. The molecule has 0 radical (unpaired) electrons. The lowest BCUT2D eigenvalue weighted by molar-refractivity contribution is 0.0443. The van der Waals surface area contributed by atoms with E-state index in [4.69, 9.17) is 9.97 Å². The van der Waals surface area contributed by atoms with Gasteiger partial charge in [0, 0.05) is 43.8 Å². The molecule has 1 aromatic carbocycles. The summed E-state index contributed by atoms with van der Waals surface area (Å²) in [6.45, 7) is 6.16. The molecule has 10 heteroatoms. The van der Waals surface area contributed by atoms with Gasteiger partial charge in [0.05, 0.1) is 12.2 Å². The number of aromatic nitrogens is 5. The average molecular weight is 513 g/mol. The number of anilines is 3. The van der Waals surface area contributed by atoms with Crippen LogP contribution in [0.2, 0.25) is 0 Å². The van der Waals surface area contributed by atoms with Crippen LogP contribution in [0.4, 0.5) is 17.3 Å². The molecule has 1 saturated heterocycles. The van der Waals surface area contributed by atoms with E-state index in [1.165, 1.54) is 0 Å². The maximum Gasteiger partial charge on any atom is 0.278 e. The minimum Gasteiger partial charge on any atom is -0.384 e. The molecule has 2 bridgehead atoms. The molecule has 6 rings (SSSR count). The topological polar surface area (TPSA) is 104 Å². The van der Waals surface area contributed by atoms with Crippen LogP contribution in [0.1, 0.15) is 25.5 Å². The molecule has 3 aromatic heterocycles. The summed E-state index contributed by atoms with van der Waals surface area (Å²) in [6, 6.07) is 13.7. The first-order valence-corrected chi connectivity index (χ1v) is 13.0. The lowest BCUT2D eigenvalue weighted by atomic mass is 9.95. The highest BCUT2D eigenvalue weighted by atomic mass is 16.3. The number of hydrogen-bond acceptors (Lipinski definition) is 8. The van der Waals surface area contributed by atoms with Crippen molar-refractivity contribution in [2.45, 2.75) is 31.9 Å². The van der Waals surface area contributed by atoms with Gasteiger partial charge >= 0.3 is 0 Å². The van der Waals surface area contributed by atoms with Crippen molar-refractivity contribution in [1.82, 2.24) is 29.2 Å². The number of rotatable bonds is 3. The number of pyridine rings is 1. The molecule has 2 N–H and O–H groups in total. The van der Waals surface area contributed by atoms with E-state index in [1.807, 2.05) is 42.5 Å². The van der Waals surface area contributed by atoms with Crippen LogP contribution >= 0.6 is 0 Å². The molecule has 4 aromatic rings. The quantitative estimate of drug-likeness (QED) is 0.404. The van der Waals surface area contributed by atoms with Crippen molar-refractivity contribution < 1.29 is 5.11 Å². The van der Waals surface area contributed by atoms with Gasteiger partial charge in [-0.1, -0.05) is 24.3 Å². The number of aliphatic hydroxyl groups is 1. The number of likely N-dealkylation sites (N-methyl/N-ethyl adjacent to an activating group) is 1. The van der Waals surface area contributed by atoms with Crippen molar-refractivity contribution in [1.29, 1.82) is 0 Å². The largest absolute Gasteiger partial charge is 0.384 e. The van der Waals surface area contributed by atoms with Crippen LogP contribution in [0.3, 0.4) is 0 Å². The Morgan fingerprint density at radius 1 is 1.03 bits per heavy atom. The van der Waals surface area contributed by atoms with E-state index in [0.717, 1.165) is 37.6 Å². The zero-order chi connectivity index (χ0) is 26.3. The molecule has 2 aliphatic rings. The molecule has 0 aliphatic carbocycles. The number of benzene rings is 1. The number of piperazine rings is 1. The number of allylic oxidation sites excluding steroid dienone is 2. The Balaban J connectivity index is 1.40. The second-order valence-corrected chi connectivity index (χ2v) is 10.3. The van der Waals surface area contributed by atoms with Crippen LogP contribution in [0, 0.1) is 0 Å². The summed E-state index contributed by atoms with van der Waals surface area (Å²) < 4.78 is 3.33. The lowest BCUT2D eigenvalue weighted by Gasteiger charge is -2.34. The molecule has 0 amide bonds. The van der Waals surface area contributed by atoms with Crippen LogP contribution in [0.5, 0.6) is 0 Å². The van der Waals surface area contributed by atoms with Crippen LogP contribution in [0.25, 0.3) is 16.9 Å². The van der Waals surface area contributed by atoms with E-state index in [0.29, 0.717) is 47.9 Å². The van der Waals surface area contributed by atoms with Crippen molar-refractivity contribution in [2.24, 2.45) is 0 Å². The Morgan fingerprint density at radius 2 is 1.84 bits per heavy atom. The third-order valence-electron chi connectivity index (χ3n) is 7.39. The van der Waals surface area contributed by atoms with E-state index in [-0.39, 0.29) is 5.56 Å². The fraction of sp³-hybridized carbons (Fsp3) is 0.357. The Labute approximate surface area is 220 Å². The number of nitrogens with one attached hydrogen (secondary N) is 1. The maximum atomic E-state index is 13.4. The second-order valence-electron chi connectivity index (χ2n) is 10.3. The summed E-state index contributed by atoms with van der Waals surface area (Å²) >= 11 is 0. The zero-order valence-electron chi connectivity index (χ0n) is 21.7. The first-order valence-electron chi connectivity index (χ1n) is 13.0. The Kier molecular flexibility index (Phi) is 6.21. The van der Waals surface area contributed by atoms with Crippen molar-refractivity contribution >= 4 is 28.4 Å². The summed E-state index contributed by atoms with van der Waals surface area (Å²) in [5, 5.41) is 14.8.